The van der Waals surface area contributed by atoms with Gasteiger partial charge < -0.3 is 9.64 Å². The van der Waals surface area contributed by atoms with E-state index in [1.54, 1.807) is 18.1 Å². The fourth-order valence-corrected chi connectivity index (χ4v) is 2.50. The second kappa shape index (κ2) is 4.53. The number of nitrogens with zero attached hydrogens (tertiary/aromatic N) is 5. The number of hydrogen-bond donors (Lipinski definition) is 0. The molecule has 0 radical (unpaired) electrons. The lowest BCUT2D eigenvalue weighted by Crippen LogP contribution is -2.37. The molecule has 0 unspecified atom stereocenters. The van der Waals surface area contributed by atoms with Crippen molar-refractivity contribution < 1.29 is 4.74 Å². The monoisotopic (exact) mass is 247 g/mol. The lowest BCUT2D eigenvalue weighted by molar-refractivity contribution is 0.0818. The molecule has 2 aromatic rings. The van der Waals surface area contributed by atoms with Gasteiger partial charge in [-0.05, 0) is 12.8 Å². The molecule has 2 aromatic heterocycles. The normalized spacial score (nSPS) is 17.6. The van der Waals surface area contributed by atoms with Gasteiger partial charge in [0.25, 0.3) is 0 Å². The van der Waals surface area contributed by atoms with Crippen LogP contribution in [0.2, 0.25) is 0 Å². The molecule has 6 heteroatoms. The molecule has 0 saturated carbocycles. The van der Waals surface area contributed by atoms with Crippen LogP contribution in [0.4, 0.5) is 5.82 Å². The zero-order chi connectivity index (χ0) is 12.5. The predicted octanol–water partition coefficient (Wildman–Crippen LogP) is 0.978. The summed E-state index contributed by atoms with van der Waals surface area (Å²) in [6.45, 7) is 1.94. The van der Waals surface area contributed by atoms with Gasteiger partial charge in [0.15, 0.2) is 5.65 Å². The van der Waals surface area contributed by atoms with Crippen molar-refractivity contribution in [3.8, 4) is 0 Å². The van der Waals surface area contributed by atoms with Gasteiger partial charge in [-0.25, -0.2) is 9.97 Å². The molecule has 96 valence electrons. The van der Waals surface area contributed by atoms with Crippen molar-refractivity contribution in [3.05, 3.63) is 12.5 Å². The fourth-order valence-electron chi connectivity index (χ4n) is 2.50. The minimum atomic E-state index is 0.382. The summed E-state index contributed by atoms with van der Waals surface area (Å²) in [5.74, 6) is 0.989. The Hall–Kier alpha value is -1.69. The van der Waals surface area contributed by atoms with E-state index in [1.807, 2.05) is 13.2 Å². The standard InChI is InChI=1S/C12H17N5O/c1-16-11-10(7-15-16)12(14-8-13-11)17-5-3-9(18-2)4-6-17/h7-9H,3-6H2,1-2H3. The Morgan fingerprint density at radius 2 is 2.06 bits per heavy atom. The zero-order valence-electron chi connectivity index (χ0n) is 10.7. The highest BCUT2D eigenvalue weighted by atomic mass is 16.5. The first-order valence-corrected chi connectivity index (χ1v) is 6.20. The number of rotatable bonds is 2. The zero-order valence-corrected chi connectivity index (χ0v) is 10.7. The van der Waals surface area contributed by atoms with Gasteiger partial charge in [-0.2, -0.15) is 5.10 Å². The van der Waals surface area contributed by atoms with Crippen LogP contribution in [0.15, 0.2) is 12.5 Å². The summed E-state index contributed by atoms with van der Waals surface area (Å²) >= 11 is 0. The molecule has 18 heavy (non-hydrogen) atoms. The van der Waals surface area contributed by atoms with Crippen molar-refractivity contribution >= 4 is 16.9 Å². The van der Waals surface area contributed by atoms with Crippen LogP contribution in [0.5, 0.6) is 0 Å². The van der Waals surface area contributed by atoms with Crippen LogP contribution in [0.1, 0.15) is 12.8 Å². The molecule has 1 saturated heterocycles. The van der Waals surface area contributed by atoms with Crippen molar-refractivity contribution in [1.29, 1.82) is 0 Å². The maximum atomic E-state index is 5.39. The summed E-state index contributed by atoms with van der Waals surface area (Å²) < 4.78 is 7.17. The van der Waals surface area contributed by atoms with Crippen molar-refractivity contribution in [2.75, 3.05) is 25.1 Å². The van der Waals surface area contributed by atoms with Gasteiger partial charge in [-0.3, -0.25) is 4.68 Å². The van der Waals surface area contributed by atoms with Crippen LogP contribution in [0, 0.1) is 0 Å². The van der Waals surface area contributed by atoms with Gasteiger partial charge in [-0.15, -0.1) is 0 Å². The van der Waals surface area contributed by atoms with E-state index >= 15 is 0 Å². The van der Waals surface area contributed by atoms with Crippen LogP contribution < -0.4 is 4.90 Å². The number of ether oxygens (including phenoxy) is 1. The van der Waals surface area contributed by atoms with Gasteiger partial charge in [-0.1, -0.05) is 0 Å². The summed E-state index contributed by atoms with van der Waals surface area (Å²) in [7, 11) is 3.68. The van der Waals surface area contributed by atoms with Gasteiger partial charge in [0.1, 0.15) is 12.1 Å². The lowest BCUT2D eigenvalue weighted by atomic mass is 10.1. The molecule has 0 aromatic carbocycles. The molecule has 1 aliphatic heterocycles. The molecule has 0 amide bonds. The molecule has 1 fully saturated rings. The summed E-state index contributed by atoms with van der Waals surface area (Å²) in [6, 6.07) is 0. The topological polar surface area (TPSA) is 56.1 Å². The number of anilines is 1. The molecule has 3 heterocycles. The van der Waals surface area contributed by atoms with Crippen molar-refractivity contribution in [1.82, 2.24) is 19.7 Å². The van der Waals surface area contributed by atoms with Gasteiger partial charge in [0.05, 0.1) is 17.7 Å². The molecule has 0 bridgehead atoms. The number of piperidine rings is 1. The number of fused-ring (bicyclic) bond motifs is 1. The number of hydrogen-bond acceptors (Lipinski definition) is 5. The highest BCUT2D eigenvalue weighted by molar-refractivity contribution is 5.86. The van der Waals surface area contributed by atoms with Gasteiger partial charge >= 0.3 is 0 Å². The van der Waals surface area contributed by atoms with E-state index in [1.165, 1.54) is 0 Å². The van der Waals surface area contributed by atoms with E-state index in [2.05, 4.69) is 20.0 Å². The summed E-state index contributed by atoms with van der Waals surface area (Å²) in [4.78, 5) is 11.0. The number of aromatic nitrogens is 4. The van der Waals surface area contributed by atoms with Crippen LogP contribution in [0.3, 0.4) is 0 Å². The number of aryl methyl sites for hydroxylation is 1. The smallest absolute Gasteiger partial charge is 0.163 e. The van der Waals surface area contributed by atoms with Crippen LogP contribution in [-0.2, 0) is 11.8 Å². The van der Waals surface area contributed by atoms with E-state index in [9.17, 15) is 0 Å². The summed E-state index contributed by atoms with van der Waals surface area (Å²) in [5.41, 5.74) is 0.883. The third kappa shape index (κ3) is 1.82. The molecular formula is C12H17N5O. The van der Waals surface area contributed by atoms with E-state index in [0.29, 0.717) is 6.10 Å². The maximum absolute atomic E-state index is 5.39. The third-order valence-electron chi connectivity index (χ3n) is 3.58. The summed E-state index contributed by atoms with van der Waals surface area (Å²) in [5, 5.41) is 5.27. The second-order valence-electron chi connectivity index (χ2n) is 4.62. The Bertz CT molecular complexity index is 544. The average molecular weight is 247 g/mol. The Morgan fingerprint density at radius 1 is 1.28 bits per heavy atom. The van der Waals surface area contributed by atoms with Crippen LogP contribution in [0.25, 0.3) is 11.0 Å². The van der Waals surface area contributed by atoms with Crippen LogP contribution in [-0.4, -0.2) is 46.1 Å². The van der Waals surface area contributed by atoms with E-state index in [4.69, 9.17) is 4.74 Å². The minimum absolute atomic E-state index is 0.382. The quantitative estimate of drug-likeness (QED) is 0.791. The maximum Gasteiger partial charge on any atom is 0.163 e. The largest absolute Gasteiger partial charge is 0.381 e. The molecular weight excluding hydrogens is 230 g/mol. The second-order valence-corrected chi connectivity index (χ2v) is 4.62. The Morgan fingerprint density at radius 3 is 2.78 bits per heavy atom. The van der Waals surface area contributed by atoms with Crippen molar-refractivity contribution in [2.45, 2.75) is 18.9 Å². The first-order valence-electron chi connectivity index (χ1n) is 6.20. The molecule has 0 N–H and O–H groups in total. The first-order chi connectivity index (χ1) is 8.79. The summed E-state index contributed by atoms with van der Waals surface area (Å²) in [6.07, 6.45) is 5.92. The molecule has 3 rings (SSSR count). The predicted molar refractivity (Wildman–Crippen MR) is 68.5 cm³/mol. The number of methoxy groups -OCH3 is 1. The van der Waals surface area contributed by atoms with Gasteiger partial charge in [0, 0.05) is 27.2 Å². The molecule has 0 spiro atoms. The average Bonchev–Trinajstić information content (AvgIpc) is 2.81. The fraction of sp³-hybridized carbons (Fsp3) is 0.583. The van der Waals surface area contributed by atoms with E-state index in [-0.39, 0.29) is 0 Å². The minimum Gasteiger partial charge on any atom is -0.381 e. The highest BCUT2D eigenvalue weighted by Gasteiger charge is 2.21. The lowest BCUT2D eigenvalue weighted by Gasteiger charge is -2.32. The molecule has 0 aliphatic carbocycles. The first kappa shape index (κ1) is 11.4. The molecule has 0 atom stereocenters. The van der Waals surface area contributed by atoms with E-state index < -0.39 is 0 Å². The van der Waals surface area contributed by atoms with Crippen molar-refractivity contribution in [2.24, 2.45) is 7.05 Å². The Balaban J connectivity index is 1.91. The van der Waals surface area contributed by atoms with Crippen molar-refractivity contribution in [3.63, 3.8) is 0 Å². The SMILES string of the molecule is COC1CCN(c2ncnc3c2cnn3C)CC1. The highest BCUT2D eigenvalue weighted by Crippen LogP contribution is 2.25. The Labute approximate surface area is 106 Å². The van der Waals surface area contributed by atoms with Gasteiger partial charge in [0.2, 0.25) is 0 Å². The molecule has 6 nitrogen and oxygen atoms in total. The van der Waals surface area contributed by atoms with E-state index in [0.717, 1.165) is 42.8 Å². The Kier molecular flexibility index (Phi) is 2.87. The molecule has 1 aliphatic rings. The van der Waals surface area contributed by atoms with Crippen LogP contribution >= 0.6 is 0 Å². The third-order valence-corrected chi connectivity index (χ3v) is 3.58.